The average Bonchev–Trinajstić information content (AvgIpc) is 3.08. The summed E-state index contributed by atoms with van der Waals surface area (Å²) in [5.74, 6) is 0. The first-order valence-corrected chi connectivity index (χ1v) is 7.32. The molecule has 1 aromatic heterocycles. The van der Waals surface area contributed by atoms with E-state index in [-0.39, 0.29) is 56.4 Å². The van der Waals surface area contributed by atoms with E-state index in [0.717, 1.165) is 0 Å². The Morgan fingerprint density at radius 3 is 2.12 bits per heavy atom. The van der Waals surface area contributed by atoms with E-state index in [1.807, 2.05) is 18.2 Å². The van der Waals surface area contributed by atoms with Crippen molar-refractivity contribution in [1.82, 2.24) is 4.98 Å². The zero-order valence-corrected chi connectivity index (χ0v) is 18.8. The van der Waals surface area contributed by atoms with Crippen molar-refractivity contribution >= 4 is 10.9 Å². The molecule has 0 atom stereocenters. The molecule has 4 heteroatoms. The van der Waals surface area contributed by atoms with Crippen LogP contribution in [0, 0.1) is 12.3 Å². The van der Waals surface area contributed by atoms with E-state index in [2.05, 4.69) is 76.2 Å². The molecule has 1 nitrogen and oxygen atoms in total. The summed E-state index contributed by atoms with van der Waals surface area (Å²) >= 11 is 0. The molecule has 1 aromatic carbocycles. The minimum Gasteiger partial charge on any atom is -1.00 e. The Morgan fingerprint density at radius 2 is 1.67 bits per heavy atom. The van der Waals surface area contributed by atoms with Crippen molar-refractivity contribution in [3.8, 4) is 0 Å². The summed E-state index contributed by atoms with van der Waals surface area (Å²) in [7, 11) is 0. The molecule has 126 valence electrons. The standard InChI is InChI=1S/C12H14N.C8H9.2ClH.Zr/c1-12(2,3)10-8-13-11-7-5-4-6-9(10)11;1-7(2)8-5-3-4-6-8;;;/h4-7,13H,1-3H3;3-5H,1-2H3;2*1H;/q2*-1;;;+4/p-2. The second-order valence-corrected chi connectivity index (χ2v) is 6.50. The molecular weight excluding hydrogens is 416 g/mol. The number of para-hydroxylation sites is 1. The summed E-state index contributed by atoms with van der Waals surface area (Å²) in [6.07, 6.45) is 12.3. The Morgan fingerprint density at radius 1 is 1.04 bits per heavy atom. The van der Waals surface area contributed by atoms with Gasteiger partial charge in [-0.1, -0.05) is 46.8 Å². The Bertz CT molecular complexity index is 701. The number of nitrogens with one attached hydrogen (secondary N) is 1. The Labute approximate surface area is 177 Å². The van der Waals surface area contributed by atoms with Crippen LogP contribution in [0.2, 0.25) is 0 Å². The van der Waals surface area contributed by atoms with Gasteiger partial charge >= 0.3 is 26.2 Å². The number of allylic oxidation sites excluding steroid dienone is 6. The quantitative estimate of drug-likeness (QED) is 0.534. The molecule has 3 rings (SSSR count). The van der Waals surface area contributed by atoms with Crippen molar-refractivity contribution in [2.24, 2.45) is 0 Å². The first-order valence-electron chi connectivity index (χ1n) is 7.32. The van der Waals surface area contributed by atoms with Gasteiger partial charge in [0.15, 0.2) is 0 Å². The van der Waals surface area contributed by atoms with Gasteiger partial charge in [0.05, 0.1) is 0 Å². The molecule has 0 radical (unpaired) electrons. The van der Waals surface area contributed by atoms with Crippen LogP contribution >= 0.6 is 0 Å². The van der Waals surface area contributed by atoms with E-state index in [0.29, 0.717) is 0 Å². The number of hydrogen-bond acceptors (Lipinski definition) is 0. The van der Waals surface area contributed by atoms with Gasteiger partial charge in [-0.15, -0.1) is 41.1 Å². The van der Waals surface area contributed by atoms with Crippen molar-refractivity contribution in [2.75, 3.05) is 0 Å². The van der Waals surface area contributed by atoms with E-state index in [9.17, 15) is 0 Å². The van der Waals surface area contributed by atoms with Crippen LogP contribution in [-0.2, 0) is 31.6 Å². The van der Waals surface area contributed by atoms with Crippen LogP contribution in [0.3, 0.4) is 0 Å². The van der Waals surface area contributed by atoms with Crippen LogP contribution in [-0.4, -0.2) is 4.98 Å². The maximum Gasteiger partial charge on any atom is 4.00 e. The molecule has 1 heterocycles. The van der Waals surface area contributed by atoms with E-state index in [1.54, 1.807) is 0 Å². The van der Waals surface area contributed by atoms with Crippen LogP contribution in [0.5, 0.6) is 0 Å². The van der Waals surface area contributed by atoms with Gasteiger partial charge in [-0.25, -0.2) is 0 Å². The van der Waals surface area contributed by atoms with Crippen molar-refractivity contribution in [1.29, 1.82) is 0 Å². The van der Waals surface area contributed by atoms with Crippen molar-refractivity contribution in [2.45, 2.75) is 40.0 Å². The molecule has 1 aliphatic carbocycles. The largest absolute Gasteiger partial charge is 4.00 e. The third-order valence-electron chi connectivity index (χ3n) is 3.41. The maximum atomic E-state index is 3.23. The van der Waals surface area contributed by atoms with Gasteiger partial charge in [0, 0.05) is 0 Å². The van der Waals surface area contributed by atoms with E-state index < -0.39 is 0 Å². The molecule has 0 aliphatic heterocycles. The van der Waals surface area contributed by atoms with E-state index in [1.165, 1.54) is 27.6 Å². The van der Waals surface area contributed by atoms with Crippen LogP contribution in [0.4, 0.5) is 0 Å². The number of hydrogen-bond donors (Lipinski definition) is 1. The van der Waals surface area contributed by atoms with Crippen molar-refractivity contribution in [3.05, 3.63) is 71.5 Å². The fourth-order valence-electron chi connectivity index (χ4n) is 2.24. The summed E-state index contributed by atoms with van der Waals surface area (Å²) in [4.78, 5) is 3.17. The summed E-state index contributed by atoms with van der Waals surface area (Å²) in [5, 5.41) is 1.29. The SMILES string of the molecule is CC(C)(C)c1[c-][nH]c2ccccc12.CC(C)=C1[C-]=CC=C1.[Cl-].[Cl-].[Zr+4]. The molecular formula is C20H23Cl2NZr. The van der Waals surface area contributed by atoms with Crippen molar-refractivity contribution in [3.63, 3.8) is 0 Å². The van der Waals surface area contributed by atoms with Gasteiger partial charge in [0.1, 0.15) is 0 Å². The van der Waals surface area contributed by atoms with Crippen LogP contribution in [0.1, 0.15) is 40.2 Å². The topological polar surface area (TPSA) is 15.8 Å². The van der Waals surface area contributed by atoms with Gasteiger partial charge in [-0.3, -0.25) is 0 Å². The third kappa shape index (κ3) is 6.75. The third-order valence-corrected chi connectivity index (χ3v) is 3.41. The molecule has 0 bridgehead atoms. The number of rotatable bonds is 0. The Hall–Kier alpha value is -0.557. The fourth-order valence-corrected chi connectivity index (χ4v) is 2.24. The normalized spacial score (nSPS) is 11.8. The first kappa shape index (κ1) is 25.7. The van der Waals surface area contributed by atoms with Gasteiger partial charge in [-0.05, 0) is 5.41 Å². The van der Waals surface area contributed by atoms with Crippen molar-refractivity contribution < 1.29 is 51.0 Å². The molecule has 0 saturated carbocycles. The molecule has 1 N–H and O–H groups in total. The number of fused-ring (bicyclic) bond motifs is 1. The van der Waals surface area contributed by atoms with Gasteiger partial charge in [0.25, 0.3) is 0 Å². The van der Waals surface area contributed by atoms with E-state index >= 15 is 0 Å². The predicted octanol–water partition coefficient (Wildman–Crippen LogP) is -0.477. The van der Waals surface area contributed by atoms with Gasteiger partial charge < -0.3 is 29.8 Å². The minimum atomic E-state index is 0. The monoisotopic (exact) mass is 437 g/mol. The molecule has 0 spiro atoms. The number of H-pyrrole nitrogens is 1. The maximum absolute atomic E-state index is 3.23. The molecule has 0 amide bonds. The summed E-state index contributed by atoms with van der Waals surface area (Å²) in [6.45, 7) is 10.8. The summed E-state index contributed by atoms with van der Waals surface area (Å²) in [5.41, 5.74) is 5.16. The predicted molar refractivity (Wildman–Crippen MR) is 91.2 cm³/mol. The van der Waals surface area contributed by atoms with Crippen LogP contribution < -0.4 is 24.8 Å². The summed E-state index contributed by atoms with van der Waals surface area (Å²) < 4.78 is 0. The number of benzene rings is 1. The molecule has 24 heavy (non-hydrogen) atoms. The number of halogens is 2. The Kier molecular flexibility index (Phi) is 11.9. The zero-order valence-electron chi connectivity index (χ0n) is 14.8. The molecule has 2 aromatic rings. The van der Waals surface area contributed by atoms with Gasteiger partial charge in [0.2, 0.25) is 0 Å². The molecule has 1 aliphatic rings. The smallest absolute Gasteiger partial charge is 1.00 e. The summed E-state index contributed by atoms with van der Waals surface area (Å²) in [6, 6.07) is 8.34. The molecule has 0 saturated heterocycles. The van der Waals surface area contributed by atoms with E-state index in [4.69, 9.17) is 0 Å². The molecule has 0 fully saturated rings. The number of aromatic amines is 1. The second kappa shape index (κ2) is 11.1. The average molecular weight is 440 g/mol. The second-order valence-electron chi connectivity index (χ2n) is 6.50. The Balaban J connectivity index is 0. The number of aromatic nitrogens is 1. The first-order chi connectivity index (χ1) is 9.89. The molecule has 0 unspecified atom stereocenters. The minimum absolute atomic E-state index is 0. The van der Waals surface area contributed by atoms with Crippen LogP contribution in [0.25, 0.3) is 10.9 Å². The van der Waals surface area contributed by atoms with Crippen LogP contribution in [0.15, 0.2) is 53.6 Å². The fraction of sp³-hybridized carbons (Fsp3) is 0.300. The van der Waals surface area contributed by atoms with Gasteiger partial charge in [-0.2, -0.15) is 29.2 Å². The zero-order chi connectivity index (χ0) is 15.5.